The van der Waals surface area contributed by atoms with Gasteiger partial charge in [0.05, 0.1) is 19.4 Å². The molecule has 0 unspecified atom stereocenters. The van der Waals surface area contributed by atoms with Gasteiger partial charge in [-0.15, -0.1) is 0 Å². The molecule has 0 radical (unpaired) electrons. The van der Waals surface area contributed by atoms with E-state index in [1.807, 2.05) is 16.3 Å². The van der Waals surface area contributed by atoms with E-state index in [0.29, 0.717) is 42.2 Å². The number of aliphatic hydroxyl groups excluding tert-OH is 1. The third kappa shape index (κ3) is 4.82. The van der Waals surface area contributed by atoms with Crippen molar-refractivity contribution in [3.05, 3.63) is 17.8 Å². The zero-order valence-corrected chi connectivity index (χ0v) is 21.0. The number of H-pyrrole nitrogens is 1. The lowest BCUT2D eigenvalue weighted by molar-refractivity contribution is 0.102. The molecule has 3 saturated heterocycles. The van der Waals surface area contributed by atoms with E-state index in [1.165, 1.54) is 0 Å². The van der Waals surface area contributed by atoms with Crippen LogP contribution in [0.5, 0.6) is 5.88 Å². The van der Waals surface area contributed by atoms with Crippen LogP contribution in [0.2, 0.25) is 0 Å². The van der Waals surface area contributed by atoms with Crippen LogP contribution in [-0.2, 0) is 16.8 Å². The van der Waals surface area contributed by atoms with Crippen molar-refractivity contribution in [2.45, 2.75) is 69.7 Å². The fourth-order valence-electron chi connectivity index (χ4n) is 5.60. The molecule has 2 aromatic rings. The largest absolute Gasteiger partial charge is 0.481 e. The van der Waals surface area contributed by atoms with Gasteiger partial charge in [0, 0.05) is 50.4 Å². The predicted molar refractivity (Wildman–Crippen MR) is 131 cm³/mol. The molecule has 3 N–H and O–H groups in total. The van der Waals surface area contributed by atoms with E-state index in [0.717, 1.165) is 44.9 Å². The molecule has 0 spiro atoms. The first kappa shape index (κ1) is 24.2. The number of aromatic amines is 1. The summed E-state index contributed by atoms with van der Waals surface area (Å²) in [5.41, 5.74) is 0.591. The summed E-state index contributed by atoms with van der Waals surface area (Å²) in [5, 5.41) is 19.3. The van der Waals surface area contributed by atoms with Crippen LogP contribution in [-0.4, -0.2) is 87.7 Å². The zero-order valence-electron chi connectivity index (χ0n) is 20.2. The number of nitrogens with zero attached hydrogens (tertiary/aromatic N) is 6. The third-order valence-corrected chi connectivity index (χ3v) is 9.51. The molecule has 5 heterocycles. The number of nitrogens with one attached hydrogen (secondary N) is 2. The van der Waals surface area contributed by atoms with Crippen molar-refractivity contribution in [3.63, 3.8) is 0 Å². The molecule has 12 nitrogen and oxygen atoms in total. The highest BCUT2D eigenvalue weighted by molar-refractivity contribution is 7.86. The lowest BCUT2D eigenvalue weighted by atomic mass is 9.83. The molecule has 0 amide bonds. The van der Waals surface area contributed by atoms with Crippen LogP contribution in [0, 0.1) is 0 Å². The molecular formula is C22H34N8O4S. The van der Waals surface area contributed by atoms with Gasteiger partial charge in [-0.3, -0.25) is 5.10 Å². The third-order valence-electron chi connectivity index (χ3n) is 7.36. The van der Waals surface area contributed by atoms with Crippen molar-refractivity contribution in [2.75, 3.05) is 37.5 Å². The number of piperidine rings is 2. The Hall–Kier alpha value is -2.48. The molecule has 13 heteroatoms. The SMILES string of the molecule is COc1cc(Nc2cc(CO)[nH]n2)nc(N(C)[C@@H]2C[C@H]3CCC[C@@H](C2)N3S(=O)(=O)N2CCCC2)n1. The maximum atomic E-state index is 13.4. The van der Waals surface area contributed by atoms with E-state index in [1.54, 1.807) is 23.5 Å². The standard InChI is InChI=1S/C22H34N8O4S/c1-28(22-24-19(13-21(25-22)34-2)23-20-10-15(14-31)26-27-20)18-11-16-6-5-7-17(12-18)30(16)35(32,33)29-8-3-4-9-29/h10,13,16-18,31H,3-9,11-12,14H2,1-2H3,(H2,23,24,25,26,27)/t16-,17+,18-. The first-order valence-electron chi connectivity index (χ1n) is 12.3. The van der Waals surface area contributed by atoms with Crippen LogP contribution in [0.25, 0.3) is 0 Å². The predicted octanol–water partition coefficient (Wildman–Crippen LogP) is 1.61. The van der Waals surface area contributed by atoms with Crippen LogP contribution in [0.15, 0.2) is 12.1 Å². The molecule has 3 aliphatic rings. The summed E-state index contributed by atoms with van der Waals surface area (Å²) in [6, 6.07) is 3.48. The van der Waals surface area contributed by atoms with Gasteiger partial charge in [0.25, 0.3) is 10.2 Å². The highest BCUT2D eigenvalue weighted by atomic mass is 32.2. The lowest BCUT2D eigenvalue weighted by Crippen LogP contribution is -2.61. The van der Waals surface area contributed by atoms with Crippen molar-refractivity contribution in [1.29, 1.82) is 0 Å². The molecule has 3 atom stereocenters. The van der Waals surface area contributed by atoms with Crippen molar-refractivity contribution in [2.24, 2.45) is 0 Å². The van der Waals surface area contributed by atoms with Gasteiger partial charge in [0.2, 0.25) is 11.8 Å². The molecule has 192 valence electrons. The second-order valence-electron chi connectivity index (χ2n) is 9.58. The molecule has 2 aromatic heterocycles. The Morgan fingerprint density at radius 2 is 1.86 bits per heavy atom. The van der Waals surface area contributed by atoms with E-state index in [2.05, 4.69) is 25.5 Å². The van der Waals surface area contributed by atoms with E-state index < -0.39 is 10.2 Å². The molecule has 3 aliphatic heterocycles. The highest BCUT2D eigenvalue weighted by Gasteiger charge is 2.47. The van der Waals surface area contributed by atoms with Crippen LogP contribution < -0.4 is 15.0 Å². The molecule has 3 fully saturated rings. The summed E-state index contributed by atoms with van der Waals surface area (Å²) in [6.45, 7) is 1.12. The Bertz CT molecular complexity index is 1120. The maximum Gasteiger partial charge on any atom is 0.282 e. The first-order valence-corrected chi connectivity index (χ1v) is 13.7. The fourth-order valence-corrected chi connectivity index (χ4v) is 7.72. The van der Waals surface area contributed by atoms with Crippen molar-refractivity contribution < 1.29 is 18.3 Å². The number of aromatic nitrogens is 4. The molecule has 0 aliphatic carbocycles. The number of anilines is 3. The monoisotopic (exact) mass is 506 g/mol. The van der Waals surface area contributed by atoms with Gasteiger partial charge in [-0.25, -0.2) is 0 Å². The fraction of sp³-hybridized carbons (Fsp3) is 0.682. The van der Waals surface area contributed by atoms with Crippen molar-refractivity contribution in [1.82, 2.24) is 28.8 Å². The molecule has 0 saturated carbocycles. The number of rotatable bonds is 8. The van der Waals surface area contributed by atoms with Gasteiger partial charge < -0.3 is 20.1 Å². The molecule has 2 bridgehead atoms. The minimum atomic E-state index is -3.43. The Kier molecular flexibility index (Phi) is 6.84. The van der Waals surface area contributed by atoms with Gasteiger partial charge in [0.15, 0.2) is 5.82 Å². The number of fused-ring (bicyclic) bond motifs is 2. The Labute approximate surface area is 205 Å². The van der Waals surface area contributed by atoms with Crippen LogP contribution >= 0.6 is 0 Å². The Balaban J connectivity index is 1.35. The van der Waals surface area contributed by atoms with Gasteiger partial charge in [-0.05, 0) is 38.5 Å². The van der Waals surface area contributed by atoms with Gasteiger partial charge in [-0.2, -0.15) is 32.1 Å². The zero-order chi connectivity index (χ0) is 24.6. The van der Waals surface area contributed by atoms with Gasteiger partial charge in [0.1, 0.15) is 5.82 Å². The van der Waals surface area contributed by atoms with Crippen LogP contribution in [0.3, 0.4) is 0 Å². The van der Waals surface area contributed by atoms with Gasteiger partial charge in [-0.1, -0.05) is 6.42 Å². The molecule has 0 aromatic carbocycles. The molecular weight excluding hydrogens is 472 g/mol. The normalized spacial score (nSPS) is 25.5. The van der Waals surface area contributed by atoms with E-state index in [9.17, 15) is 13.5 Å². The Morgan fingerprint density at radius 3 is 2.49 bits per heavy atom. The smallest absolute Gasteiger partial charge is 0.282 e. The highest BCUT2D eigenvalue weighted by Crippen LogP contribution is 2.40. The summed E-state index contributed by atoms with van der Waals surface area (Å²) in [6.07, 6.45) is 6.18. The number of hydrogen-bond donors (Lipinski definition) is 3. The summed E-state index contributed by atoms with van der Waals surface area (Å²) in [7, 11) is 0.0885. The van der Waals surface area contributed by atoms with Crippen molar-refractivity contribution >= 4 is 27.8 Å². The summed E-state index contributed by atoms with van der Waals surface area (Å²) in [5.74, 6) is 1.96. The Morgan fingerprint density at radius 1 is 1.14 bits per heavy atom. The summed E-state index contributed by atoms with van der Waals surface area (Å²) < 4.78 is 35.8. The lowest BCUT2D eigenvalue weighted by Gasteiger charge is -2.50. The van der Waals surface area contributed by atoms with Crippen molar-refractivity contribution in [3.8, 4) is 5.88 Å². The summed E-state index contributed by atoms with van der Waals surface area (Å²) >= 11 is 0. The average Bonchev–Trinajstić information content (AvgIpc) is 3.55. The minimum Gasteiger partial charge on any atom is -0.481 e. The first-order chi connectivity index (χ1) is 16.9. The number of methoxy groups -OCH3 is 1. The minimum absolute atomic E-state index is 0.00953. The van der Waals surface area contributed by atoms with Gasteiger partial charge >= 0.3 is 0 Å². The topological polar surface area (TPSA) is 140 Å². The van der Waals surface area contributed by atoms with Crippen LogP contribution in [0.4, 0.5) is 17.6 Å². The molecule has 35 heavy (non-hydrogen) atoms. The van der Waals surface area contributed by atoms with E-state index in [4.69, 9.17) is 4.74 Å². The quantitative estimate of drug-likeness (QED) is 0.487. The average molecular weight is 507 g/mol. The second kappa shape index (κ2) is 9.88. The number of hydrogen-bond acceptors (Lipinski definition) is 9. The number of ether oxygens (including phenoxy) is 1. The number of aliphatic hydroxyl groups is 1. The molecule has 5 rings (SSSR count). The second-order valence-corrected chi connectivity index (χ2v) is 11.4. The summed E-state index contributed by atoms with van der Waals surface area (Å²) in [4.78, 5) is 11.3. The van der Waals surface area contributed by atoms with Crippen LogP contribution in [0.1, 0.15) is 50.6 Å². The van der Waals surface area contributed by atoms with E-state index in [-0.39, 0.29) is 24.7 Å². The van der Waals surface area contributed by atoms with E-state index >= 15 is 0 Å². The maximum absolute atomic E-state index is 13.4.